The molecule has 96 valence electrons. The maximum absolute atomic E-state index is 12.9. The molecule has 1 aromatic carbocycles. The van der Waals surface area contributed by atoms with Crippen LogP contribution < -0.4 is 4.74 Å². The van der Waals surface area contributed by atoms with Gasteiger partial charge in [-0.3, -0.25) is 0 Å². The molecule has 0 fully saturated rings. The highest BCUT2D eigenvalue weighted by Crippen LogP contribution is 2.23. The van der Waals surface area contributed by atoms with Gasteiger partial charge in [0, 0.05) is 5.56 Å². The molecule has 0 unspecified atom stereocenters. The molecule has 17 heavy (non-hydrogen) atoms. The zero-order valence-corrected chi connectivity index (χ0v) is 10.2. The van der Waals surface area contributed by atoms with Crippen molar-refractivity contribution in [3.63, 3.8) is 0 Å². The fourth-order valence-electron chi connectivity index (χ4n) is 1.48. The van der Waals surface area contributed by atoms with Crippen LogP contribution >= 0.6 is 0 Å². The summed E-state index contributed by atoms with van der Waals surface area (Å²) in [6, 6.07) is 3.96. The fourth-order valence-corrected chi connectivity index (χ4v) is 1.48. The normalized spacial score (nSPS) is 11.6. The zero-order valence-electron chi connectivity index (χ0n) is 10.2. The highest BCUT2D eigenvalue weighted by atomic mass is 19.1. The van der Waals surface area contributed by atoms with Crippen molar-refractivity contribution in [3.8, 4) is 5.75 Å². The first-order valence-corrected chi connectivity index (χ1v) is 5.79. The molecule has 0 radical (unpaired) electrons. The molecule has 2 N–H and O–H groups in total. The lowest BCUT2D eigenvalue weighted by Crippen LogP contribution is -2.34. The molecular formula is C13H19FO3. The van der Waals surface area contributed by atoms with Gasteiger partial charge < -0.3 is 14.9 Å². The number of benzene rings is 1. The molecule has 1 aromatic rings. The fraction of sp³-hybridized carbons (Fsp3) is 0.538. The number of hydrogen-bond donors (Lipinski definition) is 2. The molecular weight excluding hydrogens is 223 g/mol. The zero-order chi connectivity index (χ0) is 12.9. The van der Waals surface area contributed by atoms with E-state index in [2.05, 4.69) is 0 Å². The number of aliphatic hydroxyl groups excluding tert-OH is 1. The number of rotatable bonds is 6. The Balaban J connectivity index is 2.75. The van der Waals surface area contributed by atoms with E-state index in [4.69, 9.17) is 9.84 Å². The third-order valence-electron chi connectivity index (χ3n) is 3.01. The first-order valence-electron chi connectivity index (χ1n) is 5.79. The van der Waals surface area contributed by atoms with Crippen molar-refractivity contribution in [2.75, 3.05) is 6.61 Å². The summed E-state index contributed by atoms with van der Waals surface area (Å²) in [5.74, 6) is -0.00290. The van der Waals surface area contributed by atoms with Gasteiger partial charge in [-0.05, 0) is 31.0 Å². The van der Waals surface area contributed by atoms with Crippen molar-refractivity contribution < 1.29 is 19.3 Å². The summed E-state index contributed by atoms with van der Waals surface area (Å²) in [5, 5.41) is 19.1. The number of hydrogen-bond acceptors (Lipinski definition) is 3. The van der Waals surface area contributed by atoms with Gasteiger partial charge in [0.05, 0.1) is 12.2 Å². The topological polar surface area (TPSA) is 49.7 Å². The smallest absolute Gasteiger partial charge is 0.125 e. The Labute approximate surface area is 101 Å². The maximum atomic E-state index is 12.9. The van der Waals surface area contributed by atoms with Gasteiger partial charge in [0.15, 0.2) is 0 Å². The monoisotopic (exact) mass is 242 g/mol. The Kier molecular flexibility index (Phi) is 4.90. The van der Waals surface area contributed by atoms with Gasteiger partial charge in [-0.2, -0.15) is 0 Å². The average molecular weight is 242 g/mol. The van der Waals surface area contributed by atoms with Crippen LogP contribution in [0.2, 0.25) is 0 Å². The highest BCUT2D eigenvalue weighted by molar-refractivity contribution is 5.33. The van der Waals surface area contributed by atoms with Crippen molar-refractivity contribution in [2.24, 2.45) is 0 Å². The second kappa shape index (κ2) is 5.98. The van der Waals surface area contributed by atoms with E-state index >= 15 is 0 Å². The summed E-state index contributed by atoms with van der Waals surface area (Å²) in [4.78, 5) is 0. The van der Waals surface area contributed by atoms with Gasteiger partial charge in [-0.25, -0.2) is 4.39 Å². The van der Waals surface area contributed by atoms with Gasteiger partial charge in [0.1, 0.15) is 18.2 Å². The number of halogens is 1. The Hall–Kier alpha value is -1.13. The van der Waals surface area contributed by atoms with Crippen molar-refractivity contribution in [2.45, 2.75) is 38.9 Å². The molecule has 0 saturated carbocycles. The Morgan fingerprint density at radius 2 is 1.94 bits per heavy atom. The van der Waals surface area contributed by atoms with Crippen molar-refractivity contribution in [1.29, 1.82) is 0 Å². The molecule has 0 saturated heterocycles. The molecule has 0 aromatic heterocycles. The lowest BCUT2D eigenvalue weighted by atomic mass is 9.99. The molecule has 0 atom stereocenters. The largest absolute Gasteiger partial charge is 0.490 e. The van der Waals surface area contributed by atoms with Crippen LogP contribution in [0.4, 0.5) is 4.39 Å². The van der Waals surface area contributed by atoms with Crippen LogP contribution in [0.1, 0.15) is 32.3 Å². The molecule has 0 heterocycles. The van der Waals surface area contributed by atoms with Crippen LogP contribution in [0.15, 0.2) is 18.2 Å². The first-order chi connectivity index (χ1) is 8.04. The van der Waals surface area contributed by atoms with Crippen LogP contribution in [0.3, 0.4) is 0 Å². The Morgan fingerprint density at radius 3 is 2.47 bits per heavy atom. The van der Waals surface area contributed by atoms with E-state index in [-0.39, 0.29) is 13.2 Å². The quantitative estimate of drug-likeness (QED) is 0.804. The second-order valence-electron chi connectivity index (χ2n) is 4.13. The summed E-state index contributed by atoms with van der Waals surface area (Å²) in [6.07, 6.45) is 1.16. The summed E-state index contributed by atoms with van der Waals surface area (Å²) in [5.41, 5.74) is -0.485. The molecule has 0 amide bonds. The third kappa shape index (κ3) is 3.68. The van der Waals surface area contributed by atoms with Gasteiger partial charge >= 0.3 is 0 Å². The van der Waals surface area contributed by atoms with Crippen LogP contribution in [0.5, 0.6) is 5.75 Å². The maximum Gasteiger partial charge on any atom is 0.125 e. The number of aliphatic hydroxyl groups is 2. The molecule has 0 aliphatic heterocycles. The van der Waals surface area contributed by atoms with Crippen molar-refractivity contribution in [3.05, 3.63) is 29.6 Å². The van der Waals surface area contributed by atoms with E-state index < -0.39 is 11.4 Å². The molecule has 0 spiro atoms. The summed E-state index contributed by atoms with van der Waals surface area (Å²) < 4.78 is 18.4. The molecule has 0 bridgehead atoms. The van der Waals surface area contributed by atoms with E-state index in [0.29, 0.717) is 24.2 Å². The van der Waals surface area contributed by atoms with Crippen molar-refractivity contribution >= 4 is 0 Å². The van der Waals surface area contributed by atoms with E-state index in [1.807, 2.05) is 13.8 Å². The molecule has 0 aliphatic carbocycles. The van der Waals surface area contributed by atoms with Crippen LogP contribution in [0.25, 0.3) is 0 Å². The lowest BCUT2D eigenvalue weighted by molar-refractivity contribution is -0.0118. The highest BCUT2D eigenvalue weighted by Gasteiger charge is 2.23. The average Bonchev–Trinajstić information content (AvgIpc) is 2.36. The summed E-state index contributed by atoms with van der Waals surface area (Å²) in [7, 11) is 0. The molecule has 0 aliphatic rings. The summed E-state index contributed by atoms with van der Waals surface area (Å²) in [6.45, 7) is 3.61. The first kappa shape index (κ1) is 13.9. The lowest BCUT2D eigenvalue weighted by Gasteiger charge is -2.25. The standard InChI is InChI=1S/C13H19FO3/c1-3-13(16,4-2)9-17-12-6-5-11(14)7-10(12)8-15/h5-7,15-16H,3-4,8-9H2,1-2H3. The predicted octanol–water partition coefficient (Wildman–Crippen LogP) is 2.25. The van der Waals surface area contributed by atoms with Crippen LogP contribution in [0, 0.1) is 5.82 Å². The van der Waals surface area contributed by atoms with Gasteiger partial charge in [-0.1, -0.05) is 13.8 Å². The minimum atomic E-state index is -0.874. The van der Waals surface area contributed by atoms with Crippen LogP contribution in [-0.2, 0) is 6.61 Å². The van der Waals surface area contributed by atoms with Crippen molar-refractivity contribution in [1.82, 2.24) is 0 Å². The molecule has 4 heteroatoms. The summed E-state index contributed by atoms with van der Waals surface area (Å²) >= 11 is 0. The van der Waals surface area contributed by atoms with E-state index in [9.17, 15) is 9.50 Å². The van der Waals surface area contributed by atoms with Crippen LogP contribution in [-0.4, -0.2) is 22.4 Å². The SMILES string of the molecule is CCC(O)(CC)COc1ccc(F)cc1CO. The minimum Gasteiger partial charge on any atom is -0.490 e. The Morgan fingerprint density at radius 1 is 1.29 bits per heavy atom. The van der Waals surface area contributed by atoms with Gasteiger partial charge in [0.25, 0.3) is 0 Å². The van der Waals surface area contributed by atoms with Gasteiger partial charge in [-0.15, -0.1) is 0 Å². The molecule has 1 rings (SSSR count). The number of ether oxygens (including phenoxy) is 1. The van der Waals surface area contributed by atoms with E-state index in [0.717, 1.165) is 0 Å². The molecule has 3 nitrogen and oxygen atoms in total. The Bertz CT molecular complexity index is 362. The van der Waals surface area contributed by atoms with E-state index in [1.165, 1.54) is 18.2 Å². The van der Waals surface area contributed by atoms with Gasteiger partial charge in [0.2, 0.25) is 0 Å². The van der Waals surface area contributed by atoms with E-state index in [1.54, 1.807) is 0 Å². The second-order valence-corrected chi connectivity index (χ2v) is 4.13. The predicted molar refractivity (Wildman–Crippen MR) is 63.3 cm³/mol. The third-order valence-corrected chi connectivity index (χ3v) is 3.01. The minimum absolute atomic E-state index is 0.138.